The molecular formula is C14H20F3N3. The summed E-state index contributed by atoms with van der Waals surface area (Å²) in [7, 11) is 1.86. The van der Waals surface area contributed by atoms with E-state index in [1.807, 2.05) is 11.9 Å². The van der Waals surface area contributed by atoms with Crippen LogP contribution < -0.4 is 10.6 Å². The van der Waals surface area contributed by atoms with Crippen LogP contribution in [0.1, 0.15) is 18.4 Å². The van der Waals surface area contributed by atoms with Crippen LogP contribution in [0.5, 0.6) is 0 Å². The summed E-state index contributed by atoms with van der Waals surface area (Å²) in [6.45, 7) is 3.89. The van der Waals surface area contributed by atoms with Gasteiger partial charge in [-0.2, -0.15) is 13.2 Å². The van der Waals surface area contributed by atoms with Gasteiger partial charge in [0, 0.05) is 20.1 Å². The molecule has 1 saturated heterocycles. The highest BCUT2D eigenvalue weighted by molar-refractivity contribution is 5.68. The van der Waals surface area contributed by atoms with Crippen LogP contribution in [0.2, 0.25) is 0 Å². The molecule has 0 unspecified atom stereocenters. The van der Waals surface area contributed by atoms with Gasteiger partial charge in [0.1, 0.15) is 0 Å². The molecular weight excluding hydrogens is 267 g/mol. The minimum atomic E-state index is -4.35. The van der Waals surface area contributed by atoms with E-state index < -0.39 is 11.7 Å². The maximum absolute atomic E-state index is 12.6. The lowest BCUT2D eigenvalue weighted by Gasteiger charge is -2.24. The molecule has 0 amide bonds. The first-order chi connectivity index (χ1) is 9.38. The lowest BCUT2D eigenvalue weighted by Crippen LogP contribution is -2.31. The maximum Gasteiger partial charge on any atom is 0.416 e. The Labute approximate surface area is 117 Å². The van der Waals surface area contributed by atoms with E-state index in [9.17, 15) is 13.2 Å². The average Bonchev–Trinajstić information content (AvgIpc) is 2.87. The molecule has 0 saturated carbocycles. The molecule has 1 aromatic carbocycles. The summed E-state index contributed by atoms with van der Waals surface area (Å²) in [5, 5.41) is 0. The van der Waals surface area contributed by atoms with Crippen molar-refractivity contribution < 1.29 is 13.2 Å². The van der Waals surface area contributed by atoms with Crippen molar-refractivity contribution in [1.82, 2.24) is 4.90 Å². The van der Waals surface area contributed by atoms with Crippen molar-refractivity contribution in [3.8, 4) is 0 Å². The van der Waals surface area contributed by atoms with Crippen LogP contribution in [0.15, 0.2) is 18.2 Å². The van der Waals surface area contributed by atoms with E-state index >= 15 is 0 Å². The zero-order valence-corrected chi connectivity index (χ0v) is 11.6. The average molecular weight is 287 g/mol. The maximum atomic E-state index is 12.6. The zero-order valence-electron chi connectivity index (χ0n) is 11.6. The van der Waals surface area contributed by atoms with E-state index in [0.29, 0.717) is 5.69 Å². The fraction of sp³-hybridized carbons (Fsp3) is 0.571. The smallest absolute Gasteiger partial charge is 0.397 e. The van der Waals surface area contributed by atoms with E-state index in [0.717, 1.165) is 38.3 Å². The van der Waals surface area contributed by atoms with Crippen LogP contribution in [-0.4, -0.2) is 38.1 Å². The molecule has 3 nitrogen and oxygen atoms in total. The van der Waals surface area contributed by atoms with Gasteiger partial charge < -0.3 is 15.5 Å². The van der Waals surface area contributed by atoms with Crippen LogP contribution >= 0.6 is 0 Å². The molecule has 112 valence electrons. The number of likely N-dealkylation sites (N-methyl/N-ethyl adjacent to an activating group) is 1. The van der Waals surface area contributed by atoms with Gasteiger partial charge in [-0.15, -0.1) is 0 Å². The van der Waals surface area contributed by atoms with Crippen LogP contribution in [0.3, 0.4) is 0 Å². The Morgan fingerprint density at radius 2 is 1.90 bits per heavy atom. The molecule has 1 aromatic rings. The number of nitrogens with zero attached hydrogens (tertiary/aromatic N) is 2. The number of nitrogen functional groups attached to an aromatic ring is 1. The van der Waals surface area contributed by atoms with Crippen molar-refractivity contribution in [2.24, 2.45) is 0 Å². The first kappa shape index (κ1) is 15.0. The summed E-state index contributed by atoms with van der Waals surface area (Å²) in [5.74, 6) is 0. The van der Waals surface area contributed by atoms with Crippen molar-refractivity contribution in [3.05, 3.63) is 23.8 Å². The number of rotatable bonds is 4. The van der Waals surface area contributed by atoms with Crippen LogP contribution in [0, 0.1) is 0 Å². The second-order valence-corrected chi connectivity index (χ2v) is 5.24. The molecule has 1 fully saturated rings. The first-order valence-electron chi connectivity index (χ1n) is 6.78. The molecule has 1 heterocycles. The van der Waals surface area contributed by atoms with Gasteiger partial charge in [-0.05, 0) is 44.1 Å². The Morgan fingerprint density at radius 1 is 1.25 bits per heavy atom. The first-order valence-corrected chi connectivity index (χ1v) is 6.78. The van der Waals surface area contributed by atoms with E-state index in [1.54, 1.807) is 0 Å². The van der Waals surface area contributed by atoms with Gasteiger partial charge in [0.25, 0.3) is 0 Å². The van der Waals surface area contributed by atoms with E-state index in [2.05, 4.69) is 4.90 Å². The van der Waals surface area contributed by atoms with Gasteiger partial charge in [-0.3, -0.25) is 0 Å². The number of benzene rings is 1. The number of anilines is 2. The second kappa shape index (κ2) is 5.91. The highest BCUT2D eigenvalue weighted by Gasteiger charge is 2.31. The predicted octanol–water partition coefficient (Wildman–Crippen LogP) is 2.82. The van der Waals surface area contributed by atoms with Gasteiger partial charge >= 0.3 is 6.18 Å². The SMILES string of the molecule is CN(CCN1CCCC1)c1ccc(C(F)(F)F)cc1N. The van der Waals surface area contributed by atoms with Crippen molar-refractivity contribution in [2.75, 3.05) is 43.9 Å². The normalized spacial score (nSPS) is 16.6. The monoisotopic (exact) mass is 287 g/mol. The number of hydrogen-bond donors (Lipinski definition) is 1. The van der Waals surface area contributed by atoms with Crippen LogP contribution in [-0.2, 0) is 6.18 Å². The Hall–Kier alpha value is -1.43. The van der Waals surface area contributed by atoms with Gasteiger partial charge in [0.2, 0.25) is 0 Å². The van der Waals surface area contributed by atoms with Gasteiger partial charge in [0.15, 0.2) is 0 Å². The number of nitrogens with two attached hydrogens (primary N) is 1. The second-order valence-electron chi connectivity index (χ2n) is 5.24. The van der Waals surface area contributed by atoms with Gasteiger partial charge in [-0.25, -0.2) is 0 Å². The minimum Gasteiger partial charge on any atom is -0.397 e. The third kappa shape index (κ3) is 3.56. The molecule has 2 N–H and O–H groups in total. The molecule has 0 aliphatic carbocycles. The third-order valence-corrected chi connectivity index (χ3v) is 3.72. The summed E-state index contributed by atoms with van der Waals surface area (Å²) < 4.78 is 37.7. The number of alkyl halides is 3. The number of hydrogen-bond acceptors (Lipinski definition) is 3. The van der Waals surface area contributed by atoms with Crippen LogP contribution in [0.4, 0.5) is 24.5 Å². The quantitative estimate of drug-likeness (QED) is 0.864. The van der Waals surface area contributed by atoms with Gasteiger partial charge in [-0.1, -0.05) is 0 Å². The molecule has 1 aliphatic heterocycles. The topological polar surface area (TPSA) is 32.5 Å². The van der Waals surface area contributed by atoms with Crippen molar-refractivity contribution in [2.45, 2.75) is 19.0 Å². The largest absolute Gasteiger partial charge is 0.416 e. The molecule has 0 aromatic heterocycles. The number of halogens is 3. The molecule has 0 atom stereocenters. The van der Waals surface area contributed by atoms with Crippen molar-refractivity contribution >= 4 is 11.4 Å². The van der Waals surface area contributed by atoms with Gasteiger partial charge in [0.05, 0.1) is 16.9 Å². The molecule has 20 heavy (non-hydrogen) atoms. The molecule has 1 aliphatic rings. The van der Waals surface area contributed by atoms with Crippen molar-refractivity contribution in [1.29, 1.82) is 0 Å². The predicted molar refractivity (Wildman–Crippen MR) is 74.8 cm³/mol. The zero-order chi connectivity index (χ0) is 14.8. The summed E-state index contributed by atoms with van der Waals surface area (Å²) in [6.07, 6.45) is -1.89. The Morgan fingerprint density at radius 3 is 2.45 bits per heavy atom. The summed E-state index contributed by atoms with van der Waals surface area (Å²) in [6, 6.07) is 3.53. The number of likely N-dealkylation sites (tertiary alicyclic amines) is 1. The van der Waals surface area contributed by atoms with E-state index in [4.69, 9.17) is 5.73 Å². The molecule has 0 bridgehead atoms. The molecule has 0 spiro atoms. The Bertz CT molecular complexity index is 453. The summed E-state index contributed by atoms with van der Waals surface area (Å²) >= 11 is 0. The fourth-order valence-corrected chi connectivity index (χ4v) is 2.50. The molecule has 2 rings (SSSR count). The fourth-order valence-electron chi connectivity index (χ4n) is 2.50. The molecule has 0 radical (unpaired) electrons. The van der Waals surface area contributed by atoms with Crippen LogP contribution in [0.25, 0.3) is 0 Å². The van der Waals surface area contributed by atoms with Crippen molar-refractivity contribution in [3.63, 3.8) is 0 Å². The highest BCUT2D eigenvalue weighted by atomic mass is 19.4. The summed E-state index contributed by atoms with van der Waals surface area (Å²) in [5.41, 5.74) is 5.87. The summed E-state index contributed by atoms with van der Waals surface area (Å²) in [4.78, 5) is 4.27. The van der Waals surface area contributed by atoms with E-state index in [1.165, 1.54) is 18.9 Å². The highest BCUT2D eigenvalue weighted by Crippen LogP contribution is 2.33. The molecule has 6 heteroatoms. The van der Waals surface area contributed by atoms with E-state index in [-0.39, 0.29) is 5.69 Å². The lowest BCUT2D eigenvalue weighted by atomic mass is 10.1. The minimum absolute atomic E-state index is 0.170. The third-order valence-electron chi connectivity index (χ3n) is 3.72. The Balaban J connectivity index is 2.00. The lowest BCUT2D eigenvalue weighted by molar-refractivity contribution is -0.137. The Kier molecular flexibility index (Phi) is 4.42. The standard InChI is InChI=1S/C14H20F3N3/c1-19(8-9-20-6-2-3-7-20)13-5-4-11(10-12(13)18)14(15,16)17/h4-5,10H,2-3,6-9,18H2,1H3.